The van der Waals surface area contributed by atoms with Crippen LogP contribution in [-0.4, -0.2) is 55.4 Å². The van der Waals surface area contributed by atoms with Gasteiger partial charge < -0.3 is 15.1 Å². The summed E-state index contributed by atoms with van der Waals surface area (Å²) in [5.41, 5.74) is 3.66. The molecule has 1 aliphatic rings. The van der Waals surface area contributed by atoms with E-state index >= 15 is 0 Å². The molecule has 1 atom stereocenters. The van der Waals surface area contributed by atoms with E-state index in [0.29, 0.717) is 11.0 Å². The summed E-state index contributed by atoms with van der Waals surface area (Å²) >= 11 is 0. The molecule has 0 bridgehead atoms. The number of hydrogen-bond acceptors (Lipinski definition) is 3. The Morgan fingerprint density at radius 2 is 2.00 bits per heavy atom. The van der Waals surface area contributed by atoms with Crippen LogP contribution in [0.4, 0.5) is 18.9 Å². The van der Waals surface area contributed by atoms with Gasteiger partial charge in [0.05, 0.1) is 26.2 Å². The number of halogens is 3. The van der Waals surface area contributed by atoms with E-state index in [0.717, 1.165) is 12.1 Å². The molecule has 25 heavy (non-hydrogen) atoms. The summed E-state index contributed by atoms with van der Waals surface area (Å²) in [6.45, 7) is 2.81. The number of carbonyl (C=O) groups is 2. The van der Waals surface area contributed by atoms with Gasteiger partial charge in [0.1, 0.15) is 6.54 Å². The third-order valence-corrected chi connectivity index (χ3v) is 4.77. The average Bonchev–Trinajstić information content (AvgIpc) is 2.83. The van der Waals surface area contributed by atoms with Gasteiger partial charge in [-0.2, -0.15) is 13.2 Å². The lowest BCUT2D eigenvalue weighted by Gasteiger charge is -2.31. The highest BCUT2D eigenvalue weighted by molar-refractivity contribution is 6.18. The second kappa shape index (κ2) is 6.42. The number of Topliss-reactive ketones (excluding diaryl/α,β-unsaturated/α-hetero) is 1. The second-order valence-corrected chi connectivity index (χ2v) is 7.06. The van der Waals surface area contributed by atoms with E-state index in [1.807, 2.05) is 21.0 Å². The molecule has 1 unspecified atom stereocenters. The van der Waals surface area contributed by atoms with Gasteiger partial charge >= 0.3 is 6.18 Å². The Labute approximate surface area is 144 Å². The number of nitrogens with two attached hydrogens (primary N) is 1. The van der Waals surface area contributed by atoms with Crippen LogP contribution < -0.4 is 10.6 Å². The van der Waals surface area contributed by atoms with Gasteiger partial charge in [-0.15, -0.1) is 0 Å². The monoisotopic (exact) mass is 358 g/mol. The maximum absolute atomic E-state index is 12.9. The number of carbonyl (C=O) groups excluding carboxylic acids is 2. The van der Waals surface area contributed by atoms with Crippen molar-refractivity contribution >= 4 is 17.4 Å². The predicted octanol–water partition coefficient (Wildman–Crippen LogP) is 1.80. The molecule has 0 saturated carbocycles. The van der Waals surface area contributed by atoms with Crippen molar-refractivity contribution in [3.05, 3.63) is 29.8 Å². The van der Waals surface area contributed by atoms with Gasteiger partial charge in [0.25, 0.3) is 5.91 Å². The Hall–Kier alpha value is -1.93. The highest BCUT2D eigenvalue weighted by Gasteiger charge is 2.51. The molecule has 5 nitrogen and oxygen atoms in total. The number of anilines is 1. The van der Waals surface area contributed by atoms with E-state index in [-0.39, 0.29) is 31.0 Å². The van der Waals surface area contributed by atoms with Crippen LogP contribution in [0, 0.1) is 0 Å². The number of quaternary nitrogens is 1. The van der Waals surface area contributed by atoms with Crippen molar-refractivity contribution in [1.82, 2.24) is 0 Å². The molecule has 0 radical (unpaired) electrons. The van der Waals surface area contributed by atoms with Crippen LogP contribution in [0.15, 0.2) is 24.3 Å². The summed E-state index contributed by atoms with van der Waals surface area (Å²) in [6, 6.07) is 4.49. The van der Waals surface area contributed by atoms with Gasteiger partial charge in [-0.3, -0.25) is 9.59 Å². The van der Waals surface area contributed by atoms with Crippen molar-refractivity contribution in [3.8, 4) is 0 Å². The lowest BCUT2D eigenvalue weighted by molar-refractivity contribution is -0.880. The van der Waals surface area contributed by atoms with E-state index < -0.39 is 23.2 Å². The summed E-state index contributed by atoms with van der Waals surface area (Å²) in [5, 5.41) is 0. The molecule has 0 aromatic heterocycles. The zero-order valence-corrected chi connectivity index (χ0v) is 14.6. The van der Waals surface area contributed by atoms with Crippen molar-refractivity contribution in [1.29, 1.82) is 0 Å². The molecule has 8 heteroatoms. The van der Waals surface area contributed by atoms with E-state index in [4.69, 9.17) is 5.73 Å². The van der Waals surface area contributed by atoms with Crippen molar-refractivity contribution in [3.63, 3.8) is 0 Å². The first-order valence-corrected chi connectivity index (χ1v) is 8.04. The molecule has 1 aromatic carbocycles. The van der Waals surface area contributed by atoms with Crippen LogP contribution in [0.5, 0.6) is 0 Å². The van der Waals surface area contributed by atoms with Crippen LogP contribution in [0.25, 0.3) is 0 Å². The highest BCUT2D eigenvalue weighted by atomic mass is 19.4. The largest absolute Gasteiger partial charge is 0.416 e. The maximum atomic E-state index is 12.9. The Morgan fingerprint density at radius 3 is 2.56 bits per heavy atom. The first kappa shape index (κ1) is 19.4. The summed E-state index contributed by atoms with van der Waals surface area (Å²) in [5.74, 6) is -1.04. The summed E-state index contributed by atoms with van der Waals surface area (Å²) in [4.78, 5) is 26.4. The van der Waals surface area contributed by atoms with Crippen molar-refractivity contribution < 1.29 is 27.2 Å². The zero-order valence-electron chi connectivity index (χ0n) is 14.6. The lowest BCUT2D eigenvalue weighted by Crippen LogP contribution is -2.59. The minimum atomic E-state index is -4.50. The fourth-order valence-corrected chi connectivity index (χ4v) is 2.73. The van der Waals surface area contributed by atoms with Crippen LogP contribution in [-0.2, 0) is 15.8 Å². The molecule has 1 aromatic rings. The van der Waals surface area contributed by atoms with E-state index in [2.05, 4.69) is 0 Å². The standard InChI is InChI=1S/C17H23F3N3O2/c1-4-23(2,3)11-14(24)16(21)8-9-22(15(16)25)13-7-5-6-12(10-13)17(18,19)20/h5-7,10H,4,8-9,11,21H2,1-3H3/q+1. The predicted molar refractivity (Wildman–Crippen MR) is 87.9 cm³/mol. The summed E-state index contributed by atoms with van der Waals surface area (Å²) in [7, 11) is 3.70. The van der Waals surface area contributed by atoms with Gasteiger partial charge in [-0.25, -0.2) is 0 Å². The second-order valence-electron chi connectivity index (χ2n) is 7.06. The fourth-order valence-electron chi connectivity index (χ4n) is 2.73. The Kier molecular flexibility index (Phi) is 4.98. The van der Waals surface area contributed by atoms with Crippen LogP contribution >= 0.6 is 0 Å². The molecule has 2 rings (SSSR count). The number of ketones is 1. The summed E-state index contributed by atoms with van der Waals surface area (Å²) < 4.78 is 39.0. The van der Waals surface area contributed by atoms with Crippen molar-refractivity contribution in [2.45, 2.75) is 25.1 Å². The third-order valence-electron chi connectivity index (χ3n) is 4.77. The van der Waals surface area contributed by atoms with Gasteiger partial charge in [0.15, 0.2) is 5.54 Å². The minimum absolute atomic E-state index is 0.0879. The maximum Gasteiger partial charge on any atom is 0.416 e. The number of rotatable bonds is 5. The Bertz CT molecular complexity index is 688. The topological polar surface area (TPSA) is 63.4 Å². The molecule has 1 amide bonds. The molecule has 1 aliphatic heterocycles. The number of amides is 1. The average molecular weight is 358 g/mol. The molecule has 2 N–H and O–H groups in total. The highest BCUT2D eigenvalue weighted by Crippen LogP contribution is 2.34. The van der Waals surface area contributed by atoms with Crippen molar-refractivity contribution in [2.24, 2.45) is 5.73 Å². The molecule has 138 valence electrons. The zero-order chi connectivity index (χ0) is 19.0. The molecule has 1 fully saturated rings. The Morgan fingerprint density at radius 1 is 1.36 bits per heavy atom. The first-order chi connectivity index (χ1) is 11.4. The normalized spacial score (nSPS) is 21.7. The van der Waals surface area contributed by atoms with Gasteiger partial charge in [0, 0.05) is 12.2 Å². The van der Waals surface area contributed by atoms with E-state index in [1.165, 1.54) is 17.0 Å². The minimum Gasteiger partial charge on any atom is -0.322 e. The SMILES string of the molecule is CC[N+](C)(C)CC(=O)C1(N)CCN(c2cccc(C(F)(F)F)c2)C1=O. The third kappa shape index (κ3) is 3.85. The fraction of sp³-hybridized carbons (Fsp3) is 0.529. The van der Waals surface area contributed by atoms with Gasteiger partial charge in [-0.05, 0) is 31.5 Å². The molecule has 0 spiro atoms. The van der Waals surface area contributed by atoms with Gasteiger partial charge in [-0.1, -0.05) is 6.07 Å². The van der Waals surface area contributed by atoms with E-state index in [1.54, 1.807) is 0 Å². The lowest BCUT2D eigenvalue weighted by atomic mass is 9.92. The summed E-state index contributed by atoms with van der Waals surface area (Å²) in [6.07, 6.45) is -4.42. The number of nitrogens with zero attached hydrogens (tertiary/aromatic N) is 2. The first-order valence-electron chi connectivity index (χ1n) is 8.04. The number of hydrogen-bond donors (Lipinski definition) is 1. The van der Waals surface area contributed by atoms with Gasteiger partial charge in [0.2, 0.25) is 5.78 Å². The molecular weight excluding hydrogens is 335 g/mol. The Balaban J connectivity index is 2.26. The number of benzene rings is 1. The number of likely N-dealkylation sites (N-methyl/N-ethyl adjacent to an activating group) is 1. The quantitative estimate of drug-likeness (QED) is 0.645. The smallest absolute Gasteiger partial charge is 0.322 e. The van der Waals surface area contributed by atoms with Crippen LogP contribution in [0.2, 0.25) is 0 Å². The molecule has 0 aliphatic carbocycles. The van der Waals surface area contributed by atoms with Crippen molar-refractivity contribution in [2.75, 3.05) is 38.6 Å². The van der Waals surface area contributed by atoms with Crippen LogP contribution in [0.3, 0.4) is 0 Å². The molecule has 1 heterocycles. The van der Waals surface area contributed by atoms with E-state index in [9.17, 15) is 22.8 Å². The number of alkyl halides is 3. The molecule has 1 saturated heterocycles. The van der Waals surface area contributed by atoms with Crippen LogP contribution in [0.1, 0.15) is 18.9 Å². The molecular formula is C17H23F3N3O2+.